The highest BCUT2D eigenvalue weighted by atomic mass is 16.3. The van der Waals surface area contributed by atoms with Crippen LogP contribution in [-0.4, -0.2) is 58.5 Å². The highest BCUT2D eigenvalue weighted by molar-refractivity contribution is 6.22. The fourth-order valence-corrected chi connectivity index (χ4v) is 3.32. The zero-order valence-electron chi connectivity index (χ0n) is 13.9. The quantitative estimate of drug-likeness (QED) is 0.356. The smallest absolute Gasteiger partial charge is 0.262 e. The first-order chi connectivity index (χ1) is 12.0. The summed E-state index contributed by atoms with van der Waals surface area (Å²) < 4.78 is 0. The number of carbonyl (C=O) groups excluding carboxylic acids is 2. The van der Waals surface area contributed by atoms with Crippen LogP contribution in [0.4, 0.5) is 5.69 Å². The summed E-state index contributed by atoms with van der Waals surface area (Å²) in [6, 6.07) is 4.40. The van der Waals surface area contributed by atoms with Crippen LogP contribution in [-0.2, 0) is 0 Å². The lowest BCUT2D eigenvalue weighted by Gasteiger charge is -2.36. The van der Waals surface area contributed by atoms with E-state index in [1.165, 1.54) is 0 Å². The second-order valence-corrected chi connectivity index (χ2v) is 6.44. The Hall–Kier alpha value is -2.00. The van der Waals surface area contributed by atoms with Crippen molar-refractivity contribution in [2.75, 3.05) is 18.4 Å². The van der Waals surface area contributed by atoms with Gasteiger partial charge in [0.2, 0.25) is 0 Å². The molecule has 6 N–H and O–H groups in total. The number of nitrogens with two attached hydrogens (primary N) is 1. The molecule has 0 aliphatic carbocycles. The number of amides is 2. The third kappa shape index (κ3) is 3.52. The molecule has 0 aromatic heterocycles. The molecule has 3 rings (SSSR count). The van der Waals surface area contributed by atoms with Crippen LogP contribution in [0.5, 0.6) is 0 Å². The molecule has 136 valence electrons. The van der Waals surface area contributed by atoms with Crippen LogP contribution in [0.3, 0.4) is 0 Å². The Balaban J connectivity index is 1.75. The summed E-state index contributed by atoms with van der Waals surface area (Å²) in [7, 11) is 0. The highest BCUT2D eigenvalue weighted by Crippen LogP contribution is 2.30. The molecule has 2 aliphatic heterocycles. The van der Waals surface area contributed by atoms with Crippen molar-refractivity contribution in [3.63, 3.8) is 0 Å². The molecule has 0 radical (unpaired) electrons. The molecule has 1 saturated heterocycles. The average molecular weight is 348 g/mol. The van der Waals surface area contributed by atoms with Crippen molar-refractivity contribution < 1.29 is 19.8 Å². The van der Waals surface area contributed by atoms with Crippen LogP contribution < -0.4 is 16.4 Å². The molecule has 2 amide bonds. The summed E-state index contributed by atoms with van der Waals surface area (Å²) in [4.78, 5) is 26.4. The molecule has 0 spiro atoms. The number of imide groups is 1. The molecule has 8 nitrogen and oxygen atoms in total. The average Bonchev–Trinajstić information content (AvgIpc) is 2.83. The number of benzene rings is 1. The van der Waals surface area contributed by atoms with Gasteiger partial charge in [0, 0.05) is 12.2 Å². The van der Waals surface area contributed by atoms with E-state index in [1.54, 1.807) is 18.2 Å². The third-order valence-electron chi connectivity index (χ3n) is 4.67. The van der Waals surface area contributed by atoms with Crippen molar-refractivity contribution in [3.05, 3.63) is 29.3 Å². The van der Waals surface area contributed by atoms with E-state index in [0.717, 1.165) is 30.0 Å². The van der Waals surface area contributed by atoms with E-state index in [0.29, 0.717) is 30.5 Å². The molecular weight excluding hydrogens is 324 g/mol. The summed E-state index contributed by atoms with van der Waals surface area (Å²) >= 11 is 0. The molecule has 0 bridgehead atoms. The van der Waals surface area contributed by atoms with E-state index < -0.39 is 30.3 Å². The molecule has 1 aromatic carbocycles. The number of hydrogen-bond donors (Lipinski definition) is 5. The van der Waals surface area contributed by atoms with E-state index in [-0.39, 0.29) is 0 Å². The minimum atomic E-state index is -1.14. The molecular formula is C17H24N4O4. The topological polar surface area (TPSA) is 128 Å². The van der Waals surface area contributed by atoms with Gasteiger partial charge in [0.15, 0.2) is 0 Å². The Kier molecular flexibility index (Phi) is 5.33. The van der Waals surface area contributed by atoms with Gasteiger partial charge < -0.3 is 21.3 Å². The number of aliphatic hydroxyl groups is 2. The number of carbonyl (C=O) groups is 2. The van der Waals surface area contributed by atoms with Crippen molar-refractivity contribution in [2.24, 2.45) is 5.73 Å². The van der Waals surface area contributed by atoms with Crippen LogP contribution in [0.25, 0.3) is 0 Å². The van der Waals surface area contributed by atoms with Gasteiger partial charge in [0.25, 0.3) is 11.8 Å². The largest absolute Gasteiger partial charge is 0.385 e. The molecule has 8 heteroatoms. The van der Waals surface area contributed by atoms with Gasteiger partial charge in [0.05, 0.1) is 17.2 Å². The number of nitrogens with zero attached hydrogens (tertiary/aromatic N) is 1. The first-order valence-electron chi connectivity index (χ1n) is 8.61. The normalized spacial score (nSPS) is 26.0. The van der Waals surface area contributed by atoms with Gasteiger partial charge in [-0.25, -0.2) is 0 Å². The summed E-state index contributed by atoms with van der Waals surface area (Å²) in [5, 5.41) is 25.4. The third-order valence-corrected chi connectivity index (χ3v) is 4.67. The van der Waals surface area contributed by atoms with Crippen LogP contribution >= 0.6 is 0 Å². The molecule has 3 atom stereocenters. The van der Waals surface area contributed by atoms with Crippen LogP contribution in [0, 0.1) is 0 Å². The number of hydrogen-bond acceptors (Lipinski definition) is 7. The fourth-order valence-electron chi connectivity index (χ4n) is 3.32. The van der Waals surface area contributed by atoms with E-state index in [4.69, 9.17) is 5.73 Å². The number of piperidine rings is 1. The highest BCUT2D eigenvalue weighted by Gasteiger charge is 2.44. The van der Waals surface area contributed by atoms with Gasteiger partial charge in [-0.1, -0.05) is 0 Å². The molecule has 0 saturated carbocycles. The summed E-state index contributed by atoms with van der Waals surface area (Å²) in [5.41, 5.74) is 6.92. The number of anilines is 1. The predicted octanol–water partition coefficient (Wildman–Crippen LogP) is -0.178. The van der Waals surface area contributed by atoms with E-state index >= 15 is 0 Å². The van der Waals surface area contributed by atoms with Gasteiger partial charge >= 0.3 is 0 Å². The number of nitrogens with one attached hydrogen (secondary N) is 2. The molecule has 1 aromatic rings. The summed E-state index contributed by atoms with van der Waals surface area (Å²) in [6.07, 6.45) is 0.593. The minimum Gasteiger partial charge on any atom is -0.385 e. The predicted molar refractivity (Wildman–Crippen MR) is 91.9 cm³/mol. The number of fused-ring (bicyclic) bond motifs is 1. The Morgan fingerprint density at radius 1 is 1.16 bits per heavy atom. The molecule has 25 heavy (non-hydrogen) atoms. The SMILES string of the molecule is NCCCCNc1ccc2c(c1)C(=O)N(C1CCC(O)NC1O)C2=O. The van der Waals surface area contributed by atoms with Gasteiger partial charge in [-0.2, -0.15) is 0 Å². The number of rotatable bonds is 6. The maximum atomic E-state index is 12.7. The van der Waals surface area contributed by atoms with Crippen molar-refractivity contribution in [3.8, 4) is 0 Å². The molecule has 2 heterocycles. The minimum absolute atomic E-state index is 0.340. The lowest BCUT2D eigenvalue weighted by Crippen LogP contribution is -2.58. The lowest BCUT2D eigenvalue weighted by molar-refractivity contribution is -0.0413. The van der Waals surface area contributed by atoms with Gasteiger partial charge in [0.1, 0.15) is 12.5 Å². The molecule has 1 fully saturated rings. The second kappa shape index (κ2) is 7.49. The fraction of sp³-hybridized carbons (Fsp3) is 0.529. The number of aliphatic hydroxyl groups excluding tert-OH is 2. The Labute approximate surface area is 146 Å². The Morgan fingerprint density at radius 3 is 2.64 bits per heavy atom. The monoisotopic (exact) mass is 348 g/mol. The molecule has 3 unspecified atom stereocenters. The second-order valence-electron chi connectivity index (χ2n) is 6.44. The standard InChI is InChI=1S/C17H24N4O4/c18-7-1-2-8-19-10-3-4-11-12(9-10)17(25)21(16(11)24)13-5-6-14(22)20-15(13)23/h3-4,9,13-15,19-20,22-23H,1-2,5-8,18H2. The summed E-state index contributed by atoms with van der Waals surface area (Å²) in [6.45, 7) is 1.38. The van der Waals surface area contributed by atoms with Crippen LogP contribution in [0.15, 0.2) is 18.2 Å². The Bertz CT molecular complexity index is 666. The first-order valence-corrected chi connectivity index (χ1v) is 8.61. The Morgan fingerprint density at radius 2 is 1.92 bits per heavy atom. The van der Waals surface area contributed by atoms with Crippen molar-refractivity contribution in [1.82, 2.24) is 10.2 Å². The van der Waals surface area contributed by atoms with E-state index in [2.05, 4.69) is 10.6 Å². The number of unbranched alkanes of at least 4 members (excludes halogenated alkanes) is 1. The molecule has 2 aliphatic rings. The zero-order chi connectivity index (χ0) is 18.0. The van der Waals surface area contributed by atoms with Crippen LogP contribution in [0.2, 0.25) is 0 Å². The maximum absolute atomic E-state index is 12.7. The summed E-state index contributed by atoms with van der Waals surface area (Å²) in [5.74, 6) is -0.815. The van der Waals surface area contributed by atoms with Crippen molar-refractivity contribution in [2.45, 2.75) is 44.2 Å². The zero-order valence-corrected chi connectivity index (χ0v) is 13.9. The van der Waals surface area contributed by atoms with Gasteiger partial charge in [-0.05, 0) is 50.4 Å². The van der Waals surface area contributed by atoms with Gasteiger partial charge in [-0.15, -0.1) is 0 Å². The van der Waals surface area contributed by atoms with E-state index in [9.17, 15) is 19.8 Å². The van der Waals surface area contributed by atoms with Crippen LogP contribution in [0.1, 0.15) is 46.4 Å². The van der Waals surface area contributed by atoms with Crippen molar-refractivity contribution >= 4 is 17.5 Å². The maximum Gasteiger partial charge on any atom is 0.262 e. The van der Waals surface area contributed by atoms with Crippen molar-refractivity contribution in [1.29, 1.82) is 0 Å². The van der Waals surface area contributed by atoms with E-state index in [1.807, 2.05) is 0 Å². The van der Waals surface area contributed by atoms with Gasteiger partial charge in [-0.3, -0.25) is 19.8 Å². The lowest BCUT2D eigenvalue weighted by atomic mass is 10.0. The first kappa shape index (κ1) is 17.8.